The molecule has 2 saturated heterocycles. The number of carbonyl (C=O) groups excluding carboxylic acids is 3. The number of hydrogen-bond donors (Lipinski definition) is 2. The molecule has 4 aliphatic heterocycles. The van der Waals surface area contributed by atoms with E-state index in [1.807, 2.05) is 32.1 Å². The number of nitrogens with zero attached hydrogens (tertiary/aromatic N) is 1. The molecule has 2 amide bonds. The largest absolute Gasteiger partial charge is 0.458 e. The lowest BCUT2D eigenvalue weighted by molar-refractivity contribution is -0.157. The fourth-order valence-corrected chi connectivity index (χ4v) is 6.15. The Morgan fingerprint density at radius 3 is 2.68 bits per heavy atom. The molecule has 0 saturated carbocycles. The molecule has 12 heteroatoms. The molecule has 240 valence electrons. The number of nitrogens with one attached hydrogen (secondary N) is 1. The van der Waals surface area contributed by atoms with Crippen molar-refractivity contribution in [3.8, 4) is 11.5 Å². The molecule has 2 fully saturated rings. The molecule has 7 atom stereocenters. The lowest BCUT2D eigenvalue weighted by Crippen LogP contribution is -2.63. The summed E-state index contributed by atoms with van der Waals surface area (Å²) in [5, 5.41) is 14.1. The van der Waals surface area contributed by atoms with Crippen LogP contribution in [0, 0.1) is 11.8 Å². The lowest BCUT2D eigenvalue weighted by atomic mass is 9.83. The number of allylic oxidation sites excluding steroid dienone is 3. The third kappa shape index (κ3) is 6.15. The van der Waals surface area contributed by atoms with E-state index in [0.29, 0.717) is 23.6 Å². The Labute approximate surface area is 257 Å². The van der Waals surface area contributed by atoms with Gasteiger partial charge < -0.3 is 38.4 Å². The number of benzene rings is 1. The number of ether oxygens (including phenoxy) is 6. The van der Waals surface area contributed by atoms with Gasteiger partial charge in [0.25, 0.3) is 0 Å². The number of esters is 1. The van der Waals surface area contributed by atoms with Crippen LogP contribution in [0.1, 0.15) is 53.0 Å². The maximum atomic E-state index is 13.8. The van der Waals surface area contributed by atoms with E-state index in [2.05, 4.69) is 5.32 Å². The molecule has 44 heavy (non-hydrogen) atoms. The minimum Gasteiger partial charge on any atom is -0.458 e. The normalized spacial score (nSPS) is 35.6. The Morgan fingerprint density at radius 2 is 1.98 bits per heavy atom. The van der Waals surface area contributed by atoms with E-state index in [1.54, 1.807) is 40.0 Å². The van der Waals surface area contributed by atoms with Crippen LogP contribution in [-0.2, 0) is 35.0 Å². The van der Waals surface area contributed by atoms with E-state index < -0.39 is 59.6 Å². The van der Waals surface area contributed by atoms with E-state index >= 15 is 0 Å². The maximum Gasteiger partial charge on any atom is 0.409 e. The highest BCUT2D eigenvalue weighted by Gasteiger charge is 2.64. The van der Waals surface area contributed by atoms with Crippen LogP contribution in [0.25, 0.3) is 0 Å². The van der Waals surface area contributed by atoms with Crippen molar-refractivity contribution in [3.63, 3.8) is 0 Å². The molecule has 4 aliphatic rings. The number of alkyl carbamates (subject to hydrolysis) is 1. The molecule has 0 unspecified atom stereocenters. The fourth-order valence-electron chi connectivity index (χ4n) is 6.15. The third-order valence-corrected chi connectivity index (χ3v) is 8.89. The Balaban J connectivity index is 1.56. The number of fused-ring (bicyclic) bond motifs is 7. The number of aliphatic hydroxyl groups is 1. The van der Waals surface area contributed by atoms with Crippen LogP contribution in [0.2, 0.25) is 0 Å². The first-order chi connectivity index (χ1) is 20.8. The molecule has 0 aromatic heterocycles. The highest BCUT2D eigenvalue weighted by Crippen LogP contribution is 2.49. The zero-order valence-electron chi connectivity index (χ0n) is 26.2. The summed E-state index contributed by atoms with van der Waals surface area (Å²) < 4.78 is 34.7. The molecule has 1 aromatic rings. The van der Waals surface area contributed by atoms with Crippen LogP contribution in [0.3, 0.4) is 0 Å². The summed E-state index contributed by atoms with van der Waals surface area (Å²) in [4.78, 5) is 40.8. The van der Waals surface area contributed by atoms with Crippen molar-refractivity contribution in [1.82, 2.24) is 5.32 Å². The van der Waals surface area contributed by atoms with Gasteiger partial charge in [-0.2, -0.15) is 0 Å². The van der Waals surface area contributed by atoms with Crippen LogP contribution in [-0.4, -0.2) is 79.8 Å². The van der Waals surface area contributed by atoms with Crippen molar-refractivity contribution in [1.29, 1.82) is 0 Å². The van der Waals surface area contributed by atoms with Crippen molar-refractivity contribution in [2.75, 3.05) is 25.9 Å². The Bertz CT molecular complexity index is 1370. The summed E-state index contributed by atoms with van der Waals surface area (Å²) in [6, 6.07) is 3.76. The second kappa shape index (κ2) is 12.1. The fraction of sp³-hybridized carbons (Fsp3) is 0.594. The summed E-state index contributed by atoms with van der Waals surface area (Å²) in [6.45, 7) is 9.04. The van der Waals surface area contributed by atoms with Gasteiger partial charge in [-0.1, -0.05) is 44.6 Å². The molecular formula is C32H42N2O10. The molecule has 0 spiro atoms. The number of epoxide rings is 1. The Hall–Kier alpha value is -3.61. The van der Waals surface area contributed by atoms with Gasteiger partial charge >= 0.3 is 12.1 Å². The third-order valence-electron chi connectivity index (χ3n) is 8.89. The zero-order chi connectivity index (χ0) is 32.0. The quantitative estimate of drug-likeness (QED) is 0.384. The van der Waals surface area contributed by atoms with Gasteiger partial charge in [0.05, 0.1) is 24.1 Å². The van der Waals surface area contributed by atoms with Gasteiger partial charge in [-0.15, -0.1) is 0 Å². The molecule has 12 nitrogen and oxygen atoms in total. The van der Waals surface area contributed by atoms with E-state index in [0.717, 1.165) is 11.1 Å². The smallest absolute Gasteiger partial charge is 0.409 e. The number of hydrogen-bond acceptors (Lipinski definition) is 10. The lowest BCUT2D eigenvalue weighted by Gasteiger charge is -2.42. The predicted molar refractivity (Wildman–Crippen MR) is 158 cm³/mol. The van der Waals surface area contributed by atoms with Crippen molar-refractivity contribution in [2.45, 2.75) is 89.6 Å². The van der Waals surface area contributed by atoms with Crippen LogP contribution in [0.15, 0.2) is 35.9 Å². The van der Waals surface area contributed by atoms with Crippen molar-refractivity contribution < 1.29 is 47.9 Å². The monoisotopic (exact) mass is 614 g/mol. The Morgan fingerprint density at radius 1 is 1.23 bits per heavy atom. The van der Waals surface area contributed by atoms with E-state index in [9.17, 15) is 19.5 Å². The van der Waals surface area contributed by atoms with Crippen molar-refractivity contribution >= 4 is 23.7 Å². The van der Waals surface area contributed by atoms with E-state index in [1.165, 1.54) is 12.0 Å². The maximum absolute atomic E-state index is 13.8. The molecule has 4 heterocycles. The summed E-state index contributed by atoms with van der Waals surface area (Å²) in [5.41, 5.74) is -0.406. The van der Waals surface area contributed by atoms with Crippen LogP contribution >= 0.6 is 0 Å². The van der Waals surface area contributed by atoms with Crippen LogP contribution in [0.5, 0.6) is 11.5 Å². The van der Waals surface area contributed by atoms with Crippen molar-refractivity contribution in [3.05, 3.63) is 41.5 Å². The van der Waals surface area contributed by atoms with Gasteiger partial charge in [0.15, 0.2) is 17.2 Å². The average Bonchev–Trinajstić information content (AvgIpc) is 3.43. The highest BCUT2D eigenvalue weighted by molar-refractivity contribution is 5.95. The number of amides is 2. The van der Waals surface area contributed by atoms with Crippen LogP contribution in [0.4, 0.5) is 10.5 Å². The predicted octanol–water partition coefficient (Wildman–Crippen LogP) is 3.39. The summed E-state index contributed by atoms with van der Waals surface area (Å²) in [6.07, 6.45) is 1.81. The van der Waals surface area contributed by atoms with Gasteiger partial charge in [0, 0.05) is 26.5 Å². The molecule has 5 rings (SSSR count). The second-order valence-corrected chi connectivity index (χ2v) is 12.6. The van der Waals surface area contributed by atoms with Crippen LogP contribution < -0.4 is 19.7 Å². The van der Waals surface area contributed by atoms with E-state index in [4.69, 9.17) is 28.4 Å². The number of carbonyl (C=O) groups is 3. The molecule has 4 bridgehead atoms. The summed E-state index contributed by atoms with van der Waals surface area (Å²) in [5.74, 6) is -0.647. The zero-order valence-corrected chi connectivity index (χ0v) is 26.2. The number of anilines is 1. The van der Waals surface area contributed by atoms with Gasteiger partial charge in [-0.25, -0.2) is 4.79 Å². The van der Waals surface area contributed by atoms with Gasteiger partial charge in [-0.3, -0.25) is 14.9 Å². The van der Waals surface area contributed by atoms with Gasteiger partial charge in [0.2, 0.25) is 12.7 Å². The first-order valence-corrected chi connectivity index (χ1v) is 14.9. The topological polar surface area (TPSA) is 145 Å². The minimum absolute atomic E-state index is 0.0108. The van der Waals surface area contributed by atoms with Crippen molar-refractivity contribution in [2.24, 2.45) is 11.8 Å². The first kappa shape index (κ1) is 31.8. The SMILES string of the molecule is CO[C@@H]1/C=C/C=C(\C)Cc2cc3c(c(c2)N(C)C(=O)C[C@H](OC(=O)C(C)C)[C@@]2(C)O[C@H]2[C@H](C)[C@@H]2C[C@@]1(O)NC(=O)O2)OCO3. The van der Waals surface area contributed by atoms with E-state index in [-0.39, 0.29) is 25.5 Å². The van der Waals surface area contributed by atoms with Gasteiger partial charge in [0.1, 0.15) is 23.9 Å². The second-order valence-electron chi connectivity index (χ2n) is 12.6. The first-order valence-electron chi connectivity index (χ1n) is 14.9. The molecular weight excluding hydrogens is 572 g/mol. The highest BCUT2D eigenvalue weighted by atomic mass is 16.7. The molecule has 1 aromatic carbocycles. The summed E-state index contributed by atoms with van der Waals surface area (Å²) in [7, 11) is 3.10. The average molecular weight is 615 g/mol. The number of rotatable bonds is 3. The standard InChI is InChI=1S/C32H42N2O10/c1-17(2)29(36)43-25-14-26(35)34(6)21-12-20(13-22-27(21)41-16-40-22)11-18(3)9-8-10-24(39-7)32(38)15-23(42-30(37)33-32)19(4)28-31(25,5)44-28/h8-10,12-13,17,19,23-25,28,38H,11,14-16H2,1-7H3,(H,33,37)/b10-8+,18-9+/t19-,23+,24-,25+,28+,31-,32+/m1/s1. The number of methoxy groups -OCH3 is 1. The minimum atomic E-state index is -1.76. The molecule has 2 N–H and O–H groups in total. The van der Waals surface area contributed by atoms with Gasteiger partial charge in [-0.05, 0) is 38.0 Å². The molecule has 0 aliphatic carbocycles. The Kier molecular flexibility index (Phi) is 8.71. The summed E-state index contributed by atoms with van der Waals surface area (Å²) >= 11 is 0. The molecule has 0 radical (unpaired) electrons.